The first kappa shape index (κ1) is 25.7. The largest absolute Gasteiger partial charge is 0.343 e. The number of amides is 1. The quantitative estimate of drug-likeness (QED) is 0.500. The van der Waals surface area contributed by atoms with Crippen molar-refractivity contribution in [2.24, 2.45) is 20.0 Å². The standard InChI is InChI=1S/C26H35FN6O3/c1-6-13-31(7-2)23(34)18-11-9-14-32(15-18)25-28-22-21(24(35)30(5)26(36)29(22)4)33(25)16-19-17(3)10-8-12-20(19)27/h8,10,12,18H,6-7,9,11,13-16H2,1-5H3. The van der Waals surface area contributed by atoms with E-state index in [2.05, 4.69) is 6.92 Å². The summed E-state index contributed by atoms with van der Waals surface area (Å²) in [6.45, 7) is 8.44. The number of piperidine rings is 1. The normalized spacial score (nSPS) is 16.1. The maximum absolute atomic E-state index is 14.9. The van der Waals surface area contributed by atoms with Crippen molar-refractivity contribution < 1.29 is 9.18 Å². The van der Waals surface area contributed by atoms with Gasteiger partial charge in [-0.05, 0) is 44.7 Å². The Morgan fingerprint density at radius 3 is 2.61 bits per heavy atom. The molecule has 4 rings (SSSR count). The summed E-state index contributed by atoms with van der Waals surface area (Å²) < 4.78 is 19.0. The molecule has 3 aromatic rings. The van der Waals surface area contributed by atoms with Crippen molar-refractivity contribution in [3.05, 3.63) is 56.0 Å². The maximum atomic E-state index is 14.9. The van der Waals surface area contributed by atoms with Crippen LogP contribution in [0.1, 0.15) is 44.2 Å². The van der Waals surface area contributed by atoms with E-state index >= 15 is 0 Å². The molecule has 1 fully saturated rings. The van der Waals surface area contributed by atoms with E-state index in [0.29, 0.717) is 31.1 Å². The van der Waals surface area contributed by atoms with Crippen LogP contribution in [0.25, 0.3) is 11.2 Å². The topological polar surface area (TPSA) is 85.4 Å². The average molecular weight is 499 g/mol. The van der Waals surface area contributed by atoms with Gasteiger partial charge in [-0.2, -0.15) is 4.98 Å². The van der Waals surface area contributed by atoms with Gasteiger partial charge in [0.2, 0.25) is 11.9 Å². The third-order valence-corrected chi connectivity index (χ3v) is 7.24. The van der Waals surface area contributed by atoms with Gasteiger partial charge in [0, 0.05) is 45.8 Å². The van der Waals surface area contributed by atoms with Crippen LogP contribution in [-0.4, -0.2) is 55.7 Å². The van der Waals surface area contributed by atoms with Crippen LogP contribution in [0.15, 0.2) is 27.8 Å². The summed E-state index contributed by atoms with van der Waals surface area (Å²) in [4.78, 5) is 47.8. The molecule has 0 radical (unpaired) electrons. The fourth-order valence-electron chi connectivity index (χ4n) is 5.16. The van der Waals surface area contributed by atoms with Crippen LogP contribution in [0, 0.1) is 18.7 Å². The molecule has 1 amide bonds. The van der Waals surface area contributed by atoms with E-state index in [1.54, 1.807) is 17.7 Å². The molecule has 1 aromatic carbocycles. The molecule has 1 unspecified atom stereocenters. The summed E-state index contributed by atoms with van der Waals surface area (Å²) in [5.74, 6) is 0.0385. The van der Waals surface area contributed by atoms with Crippen LogP contribution < -0.4 is 16.1 Å². The minimum atomic E-state index is -0.481. The van der Waals surface area contributed by atoms with Gasteiger partial charge in [-0.15, -0.1) is 0 Å². The molecule has 1 aliphatic rings. The summed E-state index contributed by atoms with van der Waals surface area (Å²) in [6, 6.07) is 4.88. The van der Waals surface area contributed by atoms with Gasteiger partial charge >= 0.3 is 5.69 Å². The Balaban J connectivity index is 1.84. The van der Waals surface area contributed by atoms with Gasteiger partial charge in [0.15, 0.2) is 11.2 Å². The molecule has 9 nitrogen and oxygen atoms in total. The lowest BCUT2D eigenvalue weighted by Crippen LogP contribution is -2.46. The number of hydrogen-bond acceptors (Lipinski definition) is 5. The van der Waals surface area contributed by atoms with Gasteiger partial charge in [0.1, 0.15) is 5.82 Å². The lowest BCUT2D eigenvalue weighted by atomic mass is 9.96. The highest BCUT2D eigenvalue weighted by atomic mass is 19.1. The van der Waals surface area contributed by atoms with Crippen LogP contribution in [0.2, 0.25) is 0 Å². The van der Waals surface area contributed by atoms with E-state index in [-0.39, 0.29) is 35.4 Å². The first-order chi connectivity index (χ1) is 17.2. The van der Waals surface area contributed by atoms with Gasteiger partial charge in [0.25, 0.3) is 5.56 Å². The van der Waals surface area contributed by atoms with Crippen molar-refractivity contribution in [3.8, 4) is 0 Å². The minimum Gasteiger partial charge on any atom is -0.343 e. The van der Waals surface area contributed by atoms with Crippen LogP contribution in [0.3, 0.4) is 0 Å². The molecule has 0 spiro atoms. The number of rotatable bonds is 7. The fourth-order valence-corrected chi connectivity index (χ4v) is 5.16. The number of halogens is 1. The van der Waals surface area contributed by atoms with E-state index < -0.39 is 11.2 Å². The predicted octanol–water partition coefficient (Wildman–Crippen LogP) is 2.40. The van der Waals surface area contributed by atoms with E-state index in [1.165, 1.54) is 17.7 Å². The number of hydrogen-bond donors (Lipinski definition) is 0. The molecule has 3 heterocycles. The Labute approximate surface area is 209 Å². The molecular weight excluding hydrogens is 463 g/mol. The molecule has 1 atom stereocenters. The molecule has 1 aliphatic heterocycles. The lowest BCUT2D eigenvalue weighted by molar-refractivity contribution is -0.135. The third-order valence-electron chi connectivity index (χ3n) is 7.24. The maximum Gasteiger partial charge on any atom is 0.332 e. The Kier molecular flexibility index (Phi) is 7.33. The molecule has 0 saturated carbocycles. The van der Waals surface area contributed by atoms with E-state index in [9.17, 15) is 18.8 Å². The highest BCUT2D eigenvalue weighted by molar-refractivity contribution is 5.80. The van der Waals surface area contributed by atoms with Gasteiger partial charge in [-0.1, -0.05) is 19.1 Å². The summed E-state index contributed by atoms with van der Waals surface area (Å²) in [6.07, 6.45) is 2.46. The first-order valence-corrected chi connectivity index (χ1v) is 12.6. The van der Waals surface area contributed by atoms with Crippen molar-refractivity contribution in [2.45, 2.75) is 46.6 Å². The van der Waals surface area contributed by atoms with E-state index in [0.717, 1.165) is 35.9 Å². The number of aryl methyl sites for hydroxylation is 2. The van der Waals surface area contributed by atoms with Crippen LogP contribution in [0.5, 0.6) is 0 Å². The van der Waals surface area contributed by atoms with Gasteiger partial charge in [-0.3, -0.25) is 23.3 Å². The molecule has 10 heteroatoms. The first-order valence-electron chi connectivity index (χ1n) is 12.6. The molecule has 36 heavy (non-hydrogen) atoms. The molecule has 0 bridgehead atoms. The summed E-state index contributed by atoms with van der Waals surface area (Å²) in [5.41, 5.74) is 0.753. The summed E-state index contributed by atoms with van der Waals surface area (Å²) in [7, 11) is 3.00. The van der Waals surface area contributed by atoms with Gasteiger partial charge in [-0.25, -0.2) is 9.18 Å². The summed E-state index contributed by atoms with van der Waals surface area (Å²) >= 11 is 0. The Morgan fingerprint density at radius 1 is 1.19 bits per heavy atom. The molecule has 1 saturated heterocycles. The zero-order chi connectivity index (χ0) is 26.1. The highest BCUT2D eigenvalue weighted by Gasteiger charge is 2.32. The van der Waals surface area contributed by atoms with Crippen molar-refractivity contribution in [1.82, 2.24) is 23.6 Å². The minimum absolute atomic E-state index is 0.0871. The number of fused-ring (bicyclic) bond motifs is 1. The number of benzene rings is 1. The van der Waals surface area contributed by atoms with Crippen LogP contribution in [0.4, 0.5) is 10.3 Å². The van der Waals surface area contributed by atoms with E-state index in [1.807, 2.05) is 29.7 Å². The number of nitrogens with zero attached hydrogens (tertiary/aromatic N) is 6. The van der Waals surface area contributed by atoms with Crippen LogP contribution >= 0.6 is 0 Å². The highest BCUT2D eigenvalue weighted by Crippen LogP contribution is 2.28. The van der Waals surface area contributed by atoms with Crippen molar-refractivity contribution in [2.75, 3.05) is 31.1 Å². The average Bonchev–Trinajstić information content (AvgIpc) is 3.26. The fraction of sp³-hybridized carbons (Fsp3) is 0.538. The van der Waals surface area contributed by atoms with E-state index in [4.69, 9.17) is 4.98 Å². The second kappa shape index (κ2) is 10.3. The van der Waals surface area contributed by atoms with Crippen LogP contribution in [-0.2, 0) is 25.4 Å². The zero-order valence-electron chi connectivity index (χ0n) is 21.8. The van der Waals surface area contributed by atoms with Gasteiger partial charge in [0.05, 0.1) is 12.5 Å². The Hall–Kier alpha value is -3.43. The SMILES string of the molecule is CCCN(CC)C(=O)C1CCCN(c2nc3c(c(=O)n(C)c(=O)n3C)n2Cc2c(C)cccc2F)C1. The predicted molar refractivity (Wildman–Crippen MR) is 138 cm³/mol. The number of aromatic nitrogens is 4. The van der Waals surface area contributed by atoms with Crippen molar-refractivity contribution in [1.29, 1.82) is 0 Å². The number of anilines is 1. The lowest BCUT2D eigenvalue weighted by Gasteiger charge is -2.35. The molecule has 0 aliphatic carbocycles. The van der Waals surface area contributed by atoms with Crippen molar-refractivity contribution >= 4 is 23.0 Å². The monoisotopic (exact) mass is 498 g/mol. The van der Waals surface area contributed by atoms with Crippen molar-refractivity contribution in [3.63, 3.8) is 0 Å². The number of imidazole rings is 1. The summed E-state index contributed by atoms with van der Waals surface area (Å²) in [5, 5.41) is 0. The molecule has 0 N–H and O–H groups in total. The molecule has 2 aromatic heterocycles. The van der Waals surface area contributed by atoms with Gasteiger partial charge < -0.3 is 9.80 Å². The number of carbonyl (C=O) groups is 1. The number of carbonyl (C=O) groups excluding carboxylic acids is 1. The second-order valence-electron chi connectivity index (χ2n) is 9.61. The third kappa shape index (κ3) is 4.44. The second-order valence-corrected chi connectivity index (χ2v) is 9.61. The molecular formula is C26H35FN6O3. The zero-order valence-corrected chi connectivity index (χ0v) is 21.8. The molecule has 194 valence electrons. The smallest absolute Gasteiger partial charge is 0.332 e. The Morgan fingerprint density at radius 2 is 1.94 bits per heavy atom. The Bertz CT molecular complexity index is 1390.